The number of ether oxygens (including phenoxy) is 2. The Bertz CT molecular complexity index is 785. The molecule has 0 aliphatic heterocycles. The van der Waals surface area contributed by atoms with Crippen LogP contribution in [0.1, 0.15) is 37.5 Å². The van der Waals surface area contributed by atoms with E-state index in [4.69, 9.17) is 33.2 Å². The molecule has 0 fully saturated rings. The van der Waals surface area contributed by atoms with Crippen LogP contribution in [0.15, 0.2) is 42.5 Å². The van der Waals surface area contributed by atoms with Crippen LogP contribution in [0.2, 0.25) is 0 Å². The quantitative estimate of drug-likeness (QED) is 0.659. The molecule has 28 heavy (non-hydrogen) atoms. The molecule has 0 spiro atoms. The van der Waals surface area contributed by atoms with Gasteiger partial charge in [-0.15, -0.1) is 0 Å². The predicted octanol–water partition coefficient (Wildman–Crippen LogP) is 3.58. The molecule has 152 valence electrons. The first kappa shape index (κ1) is 22.0. The van der Waals surface area contributed by atoms with Gasteiger partial charge in [-0.3, -0.25) is 0 Å². The monoisotopic (exact) mass is 401 g/mol. The molecule has 0 unspecified atom stereocenters. The topological polar surface area (TPSA) is 73.7 Å². The Labute approximate surface area is 173 Å². The van der Waals surface area contributed by atoms with Gasteiger partial charge in [-0.25, -0.2) is 0 Å². The zero-order valence-electron chi connectivity index (χ0n) is 17.2. The van der Waals surface area contributed by atoms with Crippen molar-refractivity contribution in [3.63, 3.8) is 0 Å². The molecule has 2 aromatic rings. The average Bonchev–Trinajstić information content (AvgIpc) is 2.65. The van der Waals surface area contributed by atoms with E-state index in [1.54, 1.807) is 7.11 Å². The highest BCUT2D eigenvalue weighted by atomic mass is 32.1. The molecule has 0 aliphatic rings. The van der Waals surface area contributed by atoms with Crippen molar-refractivity contribution in [2.24, 2.45) is 11.5 Å². The van der Waals surface area contributed by atoms with E-state index in [0.29, 0.717) is 42.9 Å². The van der Waals surface area contributed by atoms with E-state index in [0.717, 1.165) is 11.1 Å². The molecule has 2 aromatic carbocycles. The molecule has 0 saturated heterocycles. The van der Waals surface area contributed by atoms with Gasteiger partial charge in [-0.05, 0) is 46.5 Å². The number of nitrogens with zero attached hydrogens (tertiary/aromatic N) is 1. The van der Waals surface area contributed by atoms with Crippen molar-refractivity contribution >= 4 is 17.3 Å². The Kier molecular flexibility index (Phi) is 7.66. The van der Waals surface area contributed by atoms with Gasteiger partial charge >= 0.3 is 0 Å². The highest BCUT2D eigenvalue weighted by molar-refractivity contribution is 7.80. The smallest absolute Gasteiger partial charge is 0.166 e. The first-order valence-electron chi connectivity index (χ1n) is 9.38. The van der Waals surface area contributed by atoms with Crippen molar-refractivity contribution in [2.45, 2.75) is 39.3 Å². The lowest BCUT2D eigenvalue weighted by molar-refractivity contribution is 0.302. The van der Waals surface area contributed by atoms with Gasteiger partial charge in [-0.1, -0.05) is 51.1 Å². The average molecular weight is 402 g/mol. The molecule has 0 saturated carbocycles. The van der Waals surface area contributed by atoms with Crippen LogP contribution in [0.3, 0.4) is 0 Å². The van der Waals surface area contributed by atoms with Gasteiger partial charge in [0.1, 0.15) is 6.61 Å². The summed E-state index contributed by atoms with van der Waals surface area (Å²) in [5.74, 6) is 1.35. The summed E-state index contributed by atoms with van der Waals surface area (Å²) in [6.45, 7) is 8.75. The second-order valence-corrected chi connectivity index (χ2v) is 8.18. The number of rotatable bonds is 8. The molecule has 0 bridgehead atoms. The molecule has 0 aromatic heterocycles. The minimum absolute atomic E-state index is 0.131. The minimum Gasteiger partial charge on any atom is -0.493 e. The summed E-state index contributed by atoms with van der Waals surface area (Å²) in [4.78, 5) is 1.97. The van der Waals surface area contributed by atoms with Crippen LogP contribution in [-0.4, -0.2) is 30.3 Å². The SMILES string of the molecule is COc1cc(CN(Cc2ccc(C(C)(C)C)cc2)C(N)=S)ccc1OCCN. The fraction of sp³-hybridized carbons (Fsp3) is 0.409. The van der Waals surface area contributed by atoms with E-state index in [1.165, 1.54) is 5.56 Å². The van der Waals surface area contributed by atoms with Gasteiger partial charge in [0.05, 0.1) is 7.11 Å². The van der Waals surface area contributed by atoms with Crippen LogP contribution in [0.4, 0.5) is 0 Å². The Balaban J connectivity index is 2.13. The highest BCUT2D eigenvalue weighted by Gasteiger charge is 2.15. The van der Waals surface area contributed by atoms with Crippen molar-refractivity contribution in [1.82, 2.24) is 4.90 Å². The zero-order chi connectivity index (χ0) is 20.7. The summed E-state index contributed by atoms with van der Waals surface area (Å²) >= 11 is 5.28. The van der Waals surface area contributed by atoms with E-state index in [1.807, 2.05) is 23.1 Å². The molecular formula is C22H31N3O2S. The maximum Gasteiger partial charge on any atom is 0.166 e. The Morgan fingerprint density at radius 1 is 1.00 bits per heavy atom. The highest BCUT2D eigenvalue weighted by Crippen LogP contribution is 2.29. The van der Waals surface area contributed by atoms with Gasteiger partial charge in [0.2, 0.25) is 0 Å². The maximum absolute atomic E-state index is 5.99. The molecular weight excluding hydrogens is 370 g/mol. The molecule has 6 heteroatoms. The normalized spacial score (nSPS) is 11.2. The predicted molar refractivity (Wildman–Crippen MR) is 119 cm³/mol. The second kappa shape index (κ2) is 9.75. The maximum atomic E-state index is 5.99. The van der Waals surface area contributed by atoms with E-state index < -0.39 is 0 Å². The van der Waals surface area contributed by atoms with Crippen LogP contribution < -0.4 is 20.9 Å². The molecule has 5 nitrogen and oxygen atoms in total. The van der Waals surface area contributed by atoms with E-state index in [9.17, 15) is 0 Å². The molecule has 0 heterocycles. The van der Waals surface area contributed by atoms with Crippen LogP contribution in [0.25, 0.3) is 0 Å². The number of nitrogens with two attached hydrogens (primary N) is 2. The van der Waals surface area contributed by atoms with Crippen LogP contribution >= 0.6 is 12.2 Å². The van der Waals surface area contributed by atoms with Crippen LogP contribution in [0, 0.1) is 0 Å². The number of hydrogen-bond acceptors (Lipinski definition) is 4. The lowest BCUT2D eigenvalue weighted by Crippen LogP contribution is -2.34. The Morgan fingerprint density at radius 3 is 2.14 bits per heavy atom. The van der Waals surface area contributed by atoms with E-state index in [2.05, 4.69) is 45.0 Å². The molecule has 0 atom stereocenters. The summed E-state index contributed by atoms with van der Waals surface area (Å²) < 4.78 is 11.0. The van der Waals surface area contributed by atoms with Crippen molar-refractivity contribution < 1.29 is 9.47 Å². The third kappa shape index (κ3) is 6.11. The van der Waals surface area contributed by atoms with Gasteiger partial charge < -0.3 is 25.8 Å². The zero-order valence-corrected chi connectivity index (χ0v) is 18.0. The third-order valence-electron chi connectivity index (χ3n) is 4.48. The molecule has 0 amide bonds. The Hall–Kier alpha value is -2.31. The Morgan fingerprint density at radius 2 is 1.61 bits per heavy atom. The lowest BCUT2D eigenvalue weighted by atomic mass is 9.87. The summed E-state index contributed by atoms with van der Waals surface area (Å²) in [5, 5.41) is 0.363. The summed E-state index contributed by atoms with van der Waals surface area (Å²) in [5.41, 5.74) is 15.1. The van der Waals surface area contributed by atoms with Crippen LogP contribution in [0.5, 0.6) is 11.5 Å². The van der Waals surface area contributed by atoms with Gasteiger partial charge in [-0.2, -0.15) is 0 Å². The van der Waals surface area contributed by atoms with Crippen LogP contribution in [-0.2, 0) is 18.5 Å². The first-order chi connectivity index (χ1) is 13.2. The number of methoxy groups -OCH3 is 1. The van der Waals surface area contributed by atoms with Crippen molar-refractivity contribution in [3.05, 3.63) is 59.2 Å². The van der Waals surface area contributed by atoms with Gasteiger partial charge in [0, 0.05) is 19.6 Å². The van der Waals surface area contributed by atoms with Gasteiger partial charge in [0.25, 0.3) is 0 Å². The molecule has 0 radical (unpaired) electrons. The molecule has 2 rings (SSSR count). The summed E-state index contributed by atoms with van der Waals surface area (Å²) in [7, 11) is 1.62. The van der Waals surface area contributed by atoms with E-state index >= 15 is 0 Å². The standard InChI is InChI=1S/C22H31N3O2S/c1-22(2,3)18-8-5-16(6-9-18)14-25(21(24)28)15-17-7-10-19(27-12-11-23)20(13-17)26-4/h5-10,13H,11-12,14-15,23H2,1-4H3,(H2,24,28). The number of hydrogen-bond donors (Lipinski definition) is 2. The molecule has 4 N–H and O–H groups in total. The fourth-order valence-electron chi connectivity index (χ4n) is 2.86. The number of benzene rings is 2. The fourth-order valence-corrected chi connectivity index (χ4v) is 2.99. The van der Waals surface area contributed by atoms with Crippen molar-refractivity contribution in [2.75, 3.05) is 20.3 Å². The van der Waals surface area contributed by atoms with E-state index in [-0.39, 0.29) is 5.41 Å². The second-order valence-electron chi connectivity index (χ2n) is 7.76. The summed E-state index contributed by atoms with van der Waals surface area (Å²) in [6.07, 6.45) is 0. The first-order valence-corrected chi connectivity index (χ1v) is 9.79. The third-order valence-corrected chi connectivity index (χ3v) is 4.74. The number of thiocarbonyl (C=S) groups is 1. The summed E-state index contributed by atoms with van der Waals surface area (Å²) in [6, 6.07) is 14.4. The minimum atomic E-state index is 0.131. The van der Waals surface area contributed by atoms with Crippen molar-refractivity contribution in [3.8, 4) is 11.5 Å². The largest absolute Gasteiger partial charge is 0.493 e. The van der Waals surface area contributed by atoms with Gasteiger partial charge in [0.15, 0.2) is 16.6 Å². The van der Waals surface area contributed by atoms with Crippen molar-refractivity contribution in [1.29, 1.82) is 0 Å². The molecule has 0 aliphatic carbocycles. The lowest BCUT2D eigenvalue weighted by Gasteiger charge is -2.24.